The van der Waals surface area contributed by atoms with Gasteiger partial charge in [-0.15, -0.1) is 0 Å². The first kappa shape index (κ1) is 20.3. The highest BCUT2D eigenvalue weighted by Crippen LogP contribution is 2.37. The van der Waals surface area contributed by atoms with Crippen molar-refractivity contribution in [1.29, 1.82) is 0 Å². The fourth-order valence-corrected chi connectivity index (χ4v) is 4.89. The summed E-state index contributed by atoms with van der Waals surface area (Å²) in [6.45, 7) is 0. The van der Waals surface area contributed by atoms with Gasteiger partial charge in [-0.3, -0.25) is 29.3 Å². The second kappa shape index (κ2) is 7.38. The number of benzene rings is 2. The Morgan fingerprint density at radius 2 is 1.90 bits per heavy atom. The van der Waals surface area contributed by atoms with Crippen LogP contribution in [0, 0.1) is 0 Å². The van der Waals surface area contributed by atoms with Gasteiger partial charge in [0, 0.05) is 28.3 Å². The molecule has 2 aliphatic heterocycles. The Hall–Kier alpha value is -2.95. The van der Waals surface area contributed by atoms with E-state index >= 15 is 0 Å². The van der Waals surface area contributed by atoms with Crippen LogP contribution in [0.5, 0.6) is 0 Å². The molecule has 3 N–H and O–H groups in total. The average molecular weight is 450 g/mol. The number of sulfonamides is 1. The molecule has 2 heterocycles. The Morgan fingerprint density at radius 1 is 1.13 bits per heavy atom. The van der Waals surface area contributed by atoms with Crippen LogP contribution in [0.25, 0.3) is 0 Å². The third-order valence-electron chi connectivity index (χ3n) is 4.96. The lowest BCUT2D eigenvalue weighted by Gasteiger charge is -2.31. The van der Waals surface area contributed by atoms with Gasteiger partial charge in [0.05, 0.1) is 4.90 Å². The van der Waals surface area contributed by atoms with E-state index in [0.717, 1.165) is 4.90 Å². The van der Waals surface area contributed by atoms with Crippen molar-refractivity contribution in [3.8, 4) is 0 Å². The molecule has 11 heteroatoms. The minimum atomic E-state index is -3.95. The number of carbonyl (C=O) groups excluding carboxylic acids is 3. The summed E-state index contributed by atoms with van der Waals surface area (Å²) in [5, 5.41) is 13.1. The predicted molar refractivity (Wildman–Crippen MR) is 106 cm³/mol. The van der Waals surface area contributed by atoms with Crippen LogP contribution in [0.3, 0.4) is 0 Å². The molecular weight excluding hydrogens is 434 g/mol. The maximum absolute atomic E-state index is 12.7. The van der Waals surface area contributed by atoms with E-state index < -0.39 is 40.0 Å². The van der Waals surface area contributed by atoms with Gasteiger partial charge in [0.2, 0.25) is 11.8 Å². The second-order valence-electron chi connectivity index (χ2n) is 6.92. The summed E-state index contributed by atoms with van der Waals surface area (Å²) < 4.78 is 27.6. The molecule has 1 saturated heterocycles. The topological polar surface area (TPSA) is 133 Å². The van der Waals surface area contributed by atoms with E-state index in [1.54, 1.807) is 6.07 Å². The molecule has 0 spiro atoms. The molecule has 1 fully saturated rings. The van der Waals surface area contributed by atoms with Gasteiger partial charge in [-0.25, -0.2) is 8.42 Å². The third kappa shape index (κ3) is 3.53. The van der Waals surface area contributed by atoms with Crippen LogP contribution in [-0.2, 0) is 19.6 Å². The van der Waals surface area contributed by atoms with Gasteiger partial charge in [-0.1, -0.05) is 17.7 Å². The van der Waals surface area contributed by atoms with Crippen molar-refractivity contribution < 1.29 is 27.9 Å². The molecule has 2 atom stereocenters. The molecule has 0 radical (unpaired) electrons. The second-order valence-corrected chi connectivity index (χ2v) is 9.04. The third-order valence-corrected chi connectivity index (χ3v) is 6.58. The van der Waals surface area contributed by atoms with Gasteiger partial charge in [-0.2, -0.15) is 0 Å². The maximum atomic E-state index is 12.7. The van der Waals surface area contributed by atoms with Crippen LogP contribution in [-0.4, -0.2) is 42.2 Å². The number of rotatable bonds is 4. The largest absolute Gasteiger partial charge is 0.369 e. The molecule has 2 unspecified atom stereocenters. The van der Waals surface area contributed by atoms with E-state index in [1.807, 2.05) is 0 Å². The Bertz CT molecular complexity index is 1180. The van der Waals surface area contributed by atoms with E-state index in [4.69, 9.17) is 11.6 Å². The smallest absolute Gasteiger partial charge is 0.261 e. The quantitative estimate of drug-likeness (QED) is 0.604. The van der Waals surface area contributed by atoms with Crippen LogP contribution in [0.4, 0.5) is 5.69 Å². The first-order valence-corrected chi connectivity index (χ1v) is 10.8. The summed E-state index contributed by atoms with van der Waals surface area (Å²) >= 11 is 5.85. The number of hydrogen-bond acceptors (Lipinski definition) is 6. The highest BCUT2D eigenvalue weighted by atomic mass is 35.5. The van der Waals surface area contributed by atoms with Crippen LogP contribution in [0.2, 0.25) is 5.02 Å². The number of piperidine rings is 1. The Morgan fingerprint density at radius 3 is 2.60 bits per heavy atom. The molecule has 3 amide bonds. The zero-order valence-corrected chi connectivity index (χ0v) is 16.9. The minimum absolute atomic E-state index is 0.0442. The van der Waals surface area contributed by atoms with Crippen molar-refractivity contribution in [3.05, 3.63) is 58.6 Å². The number of anilines is 1. The average Bonchev–Trinajstić information content (AvgIpc) is 2.92. The predicted octanol–water partition coefficient (Wildman–Crippen LogP) is 1.39. The standard InChI is InChI=1S/C19H16ClN3O6S/c20-10-2-1-3-12(8-10)30(28,29)22-11-4-5-13-14(9-11)19(27)23(18(13)26)15-6-7-16(24)21-17(15)25/h1-5,8-9,15,19,22,27H,6-7H2,(H,21,24,25). The first-order chi connectivity index (χ1) is 14.2. The molecule has 0 saturated carbocycles. The molecule has 2 aromatic rings. The van der Waals surface area contributed by atoms with Gasteiger partial charge < -0.3 is 5.11 Å². The number of nitrogens with zero attached hydrogens (tertiary/aromatic N) is 1. The number of halogens is 1. The van der Waals surface area contributed by atoms with Crippen LogP contribution in [0.1, 0.15) is 35.0 Å². The summed E-state index contributed by atoms with van der Waals surface area (Å²) in [4.78, 5) is 37.2. The number of aliphatic hydroxyl groups excluding tert-OH is 1. The van der Waals surface area contributed by atoms with Crippen molar-refractivity contribution in [2.24, 2.45) is 0 Å². The normalized spacial score (nSPS) is 21.4. The van der Waals surface area contributed by atoms with Crippen molar-refractivity contribution in [2.45, 2.75) is 30.0 Å². The molecule has 2 aliphatic rings. The first-order valence-electron chi connectivity index (χ1n) is 8.94. The van der Waals surface area contributed by atoms with E-state index in [1.165, 1.54) is 36.4 Å². The zero-order valence-electron chi connectivity index (χ0n) is 15.3. The minimum Gasteiger partial charge on any atom is -0.369 e. The van der Waals surface area contributed by atoms with Gasteiger partial charge in [0.25, 0.3) is 15.9 Å². The van der Waals surface area contributed by atoms with E-state index in [2.05, 4.69) is 10.0 Å². The summed E-state index contributed by atoms with van der Waals surface area (Å²) in [5.74, 6) is -1.67. The Kier molecular flexibility index (Phi) is 5.00. The Labute approximate surface area is 176 Å². The molecule has 0 aliphatic carbocycles. The van der Waals surface area contributed by atoms with Crippen molar-refractivity contribution in [2.75, 3.05) is 4.72 Å². The highest BCUT2D eigenvalue weighted by Gasteiger charge is 2.44. The van der Waals surface area contributed by atoms with Gasteiger partial charge in [0.15, 0.2) is 6.23 Å². The molecule has 2 aromatic carbocycles. The molecule has 156 valence electrons. The number of imide groups is 1. The van der Waals surface area contributed by atoms with Gasteiger partial charge >= 0.3 is 0 Å². The molecule has 0 aromatic heterocycles. The van der Waals surface area contributed by atoms with Crippen LogP contribution in [0.15, 0.2) is 47.4 Å². The number of aliphatic hydroxyl groups is 1. The highest BCUT2D eigenvalue weighted by molar-refractivity contribution is 7.92. The summed E-state index contributed by atoms with van der Waals surface area (Å²) in [7, 11) is -3.95. The van der Waals surface area contributed by atoms with Gasteiger partial charge in [0.1, 0.15) is 6.04 Å². The SMILES string of the molecule is O=C1CCC(N2C(=O)c3ccc(NS(=O)(=O)c4cccc(Cl)c4)cc3C2O)C(=O)N1. The van der Waals surface area contributed by atoms with Crippen LogP contribution < -0.4 is 10.0 Å². The summed E-state index contributed by atoms with van der Waals surface area (Å²) in [5.41, 5.74) is 0.444. The number of fused-ring (bicyclic) bond motifs is 1. The zero-order chi connectivity index (χ0) is 21.6. The summed E-state index contributed by atoms with van der Waals surface area (Å²) in [6.07, 6.45) is -1.31. The molecular formula is C19H16ClN3O6S. The number of carbonyl (C=O) groups is 3. The van der Waals surface area contributed by atoms with Crippen LogP contribution >= 0.6 is 11.6 Å². The molecule has 0 bridgehead atoms. The molecule has 9 nitrogen and oxygen atoms in total. The van der Waals surface area contributed by atoms with Crippen molar-refractivity contribution in [3.63, 3.8) is 0 Å². The fourth-order valence-electron chi connectivity index (χ4n) is 3.54. The fraction of sp³-hybridized carbons (Fsp3) is 0.211. The molecule has 4 rings (SSSR count). The van der Waals surface area contributed by atoms with Crippen molar-refractivity contribution in [1.82, 2.24) is 10.2 Å². The molecule has 30 heavy (non-hydrogen) atoms. The lowest BCUT2D eigenvalue weighted by atomic mass is 10.0. The monoisotopic (exact) mass is 449 g/mol. The van der Waals surface area contributed by atoms with Gasteiger partial charge in [-0.05, 0) is 42.8 Å². The summed E-state index contributed by atoms with van der Waals surface area (Å²) in [6, 6.07) is 8.82. The van der Waals surface area contributed by atoms with E-state index in [-0.39, 0.29) is 39.6 Å². The number of hydrogen-bond donors (Lipinski definition) is 3. The van der Waals surface area contributed by atoms with E-state index in [0.29, 0.717) is 0 Å². The lowest BCUT2D eigenvalue weighted by molar-refractivity contribution is -0.139. The van der Waals surface area contributed by atoms with Crippen molar-refractivity contribution >= 4 is 45.0 Å². The maximum Gasteiger partial charge on any atom is 0.261 e. The number of nitrogens with one attached hydrogen (secondary N) is 2. The van der Waals surface area contributed by atoms with E-state index in [9.17, 15) is 27.9 Å². The lowest BCUT2D eigenvalue weighted by Crippen LogP contribution is -2.53. The number of amides is 3. The Balaban J connectivity index is 1.61.